The molecule has 5 nitrogen and oxygen atoms in total. The van der Waals surface area contributed by atoms with Crippen molar-refractivity contribution in [3.05, 3.63) is 0 Å². The molecule has 0 bridgehead atoms. The number of unbranched alkanes of at least 4 members (excludes halogenated alkanes) is 2. The Labute approximate surface area is 143 Å². The summed E-state index contributed by atoms with van der Waals surface area (Å²) in [4.78, 5) is 7.21. The van der Waals surface area contributed by atoms with E-state index >= 15 is 0 Å². The summed E-state index contributed by atoms with van der Waals surface area (Å²) < 4.78 is 5.34. The highest BCUT2D eigenvalue weighted by atomic mass is 16.5. The molecule has 1 fully saturated rings. The fourth-order valence-electron chi connectivity index (χ4n) is 2.87. The molecule has 0 atom stereocenters. The molecule has 136 valence electrons. The first kappa shape index (κ1) is 20.2. The van der Waals surface area contributed by atoms with Crippen LogP contribution in [0.15, 0.2) is 4.99 Å². The molecule has 0 aromatic rings. The van der Waals surface area contributed by atoms with Crippen LogP contribution in [-0.4, -0.2) is 63.3 Å². The van der Waals surface area contributed by atoms with E-state index in [1.807, 2.05) is 6.92 Å². The monoisotopic (exact) mass is 326 g/mol. The lowest BCUT2D eigenvalue weighted by Gasteiger charge is -2.26. The normalized spacial score (nSPS) is 16.5. The van der Waals surface area contributed by atoms with Crippen molar-refractivity contribution in [3.63, 3.8) is 0 Å². The van der Waals surface area contributed by atoms with Gasteiger partial charge in [0.05, 0.1) is 0 Å². The van der Waals surface area contributed by atoms with Gasteiger partial charge >= 0.3 is 0 Å². The lowest BCUT2D eigenvalue weighted by molar-refractivity contribution is 0.146. The van der Waals surface area contributed by atoms with E-state index in [1.165, 1.54) is 58.2 Å². The number of rotatable bonds is 12. The molecule has 0 aromatic carbocycles. The zero-order chi connectivity index (χ0) is 16.6. The van der Waals surface area contributed by atoms with Gasteiger partial charge in [-0.3, -0.25) is 4.99 Å². The average molecular weight is 327 g/mol. The van der Waals surface area contributed by atoms with Gasteiger partial charge in [-0.25, -0.2) is 0 Å². The van der Waals surface area contributed by atoms with Gasteiger partial charge in [-0.2, -0.15) is 0 Å². The predicted molar refractivity (Wildman–Crippen MR) is 99.2 cm³/mol. The van der Waals surface area contributed by atoms with Gasteiger partial charge in [0.1, 0.15) is 0 Å². The van der Waals surface area contributed by atoms with Crippen molar-refractivity contribution < 1.29 is 4.74 Å². The zero-order valence-electron chi connectivity index (χ0n) is 15.4. The summed E-state index contributed by atoms with van der Waals surface area (Å²) in [5.41, 5.74) is 0. The fourth-order valence-corrected chi connectivity index (χ4v) is 2.87. The maximum Gasteiger partial charge on any atom is 0.191 e. The minimum Gasteiger partial charge on any atom is -0.382 e. The lowest BCUT2D eigenvalue weighted by Crippen LogP contribution is -2.38. The van der Waals surface area contributed by atoms with Crippen molar-refractivity contribution in [2.24, 2.45) is 4.99 Å². The van der Waals surface area contributed by atoms with E-state index < -0.39 is 0 Å². The summed E-state index contributed by atoms with van der Waals surface area (Å²) in [5, 5.41) is 6.74. The van der Waals surface area contributed by atoms with Crippen molar-refractivity contribution in [2.75, 3.05) is 52.5 Å². The zero-order valence-corrected chi connectivity index (χ0v) is 15.4. The Morgan fingerprint density at radius 2 is 1.83 bits per heavy atom. The van der Waals surface area contributed by atoms with E-state index in [-0.39, 0.29) is 0 Å². The first-order chi connectivity index (χ1) is 11.4. The molecule has 5 heteroatoms. The standard InChI is InChI=1S/C18H38N4O/c1-3-19-18(21-13-11-17-23-4-2)20-12-7-5-8-14-22-15-9-6-10-16-22/h3-17H2,1-2H3,(H2,19,20,21). The highest BCUT2D eigenvalue weighted by Crippen LogP contribution is 2.09. The number of ether oxygens (including phenoxy) is 1. The van der Waals surface area contributed by atoms with Gasteiger partial charge in [0.25, 0.3) is 0 Å². The van der Waals surface area contributed by atoms with Crippen LogP contribution in [0, 0.1) is 0 Å². The molecule has 23 heavy (non-hydrogen) atoms. The molecule has 1 saturated heterocycles. The first-order valence-electron chi connectivity index (χ1n) is 9.69. The van der Waals surface area contributed by atoms with Gasteiger partial charge in [-0.1, -0.05) is 12.8 Å². The Bertz CT molecular complexity index is 291. The summed E-state index contributed by atoms with van der Waals surface area (Å²) in [6, 6.07) is 0. The third kappa shape index (κ3) is 11.4. The molecule has 0 aliphatic carbocycles. The number of nitrogens with one attached hydrogen (secondary N) is 2. The van der Waals surface area contributed by atoms with Gasteiger partial charge in [-0.05, 0) is 65.6 Å². The summed E-state index contributed by atoms with van der Waals surface area (Å²) in [6.45, 7) is 12.4. The quantitative estimate of drug-likeness (QED) is 0.329. The molecular formula is C18H38N4O. The molecule has 2 N–H and O–H groups in total. The van der Waals surface area contributed by atoms with Crippen LogP contribution >= 0.6 is 0 Å². The average Bonchev–Trinajstić information content (AvgIpc) is 2.58. The highest BCUT2D eigenvalue weighted by Gasteiger charge is 2.08. The Kier molecular flexibility index (Phi) is 13.0. The molecule has 1 rings (SSSR count). The van der Waals surface area contributed by atoms with E-state index in [0.29, 0.717) is 0 Å². The van der Waals surface area contributed by atoms with Crippen molar-refractivity contribution in [3.8, 4) is 0 Å². The van der Waals surface area contributed by atoms with Gasteiger partial charge in [0.15, 0.2) is 5.96 Å². The number of likely N-dealkylation sites (tertiary alicyclic amines) is 1. The molecule has 1 heterocycles. The SMILES string of the molecule is CCNC(=NCCCOCC)NCCCCCN1CCCCC1. The summed E-state index contributed by atoms with van der Waals surface area (Å²) in [5.74, 6) is 0.944. The van der Waals surface area contributed by atoms with Crippen LogP contribution in [0.5, 0.6) is 0 Å². The molecule has 0 radical (unpaired) electrons. The van der Waals surface area contributed by atoms with Gasteiger partial charge in [-0.15, -0.1) is 0 Å². The van der Waals surface area contributed by atoms with Crippen LogP contribution in [0.25, 0.3) is 0 Å². The number of aliphatic imine (C=N–C) groups is 1. The van der Waals surface area contributed by atoms with E-state index in [1.54, 1.807) is 0 Å². The summed E-state index contributed by atoms with van der Waals surface area (Å²) in [6.07, 6.45) is 9.05. The van der Waals surface area contributed by atoms with Crippen LogP contribution in [0.2, 0.25) is 0 Å². The predicted octanol–water partition coefficient (Wildman–Crippen LogP) is 2.62. The topological polar surface area (TPSA) is 48.9 Å². The van der Waals surface area contributed by atoms with Crippen molar-refractivity contribution in [1.82, 2.24) is 15.5 Å². The molecule has 0 saturated carbocycles. The Morgan fingerprint density at radius 1 is 1.00 bits per heavy atom. The van der Waals surface area contributed by atoms with Crippen LogP contribution in [0.1, 0.15) is 58.8 Å². The van der Waals surface area contributed by atoms with Gasteiger partial charge < -0.3 is 20.3 Å². The Balaban J connectivity index is 2.01. The minimum atomic E-state index is 0.791. The second-order valence-electron chi connectivity index (χ2n) is 6.20. The number of hydrogen-bond acceptors (Lipinski definition) is 3. The summed E-state index contributed by atoms with van der Waals surface area (Å²) >= 11 is 0. The van der Waals surface area contributed by atoms with Crippen LogP contribution in [0.4, 0.5) is 0 Å². The van der Waals surface area contributed by atoms with E-state index in [0.717, 1.165) is 45.2 Å². The highest BCUT2D eigenvalue weighted by molar-refractivity contribution is 5.79. The first-order valence-corrected chi connectivity index (χ1v) is 9.69. The molecular weight excluding hydrogens is 288 g/mol. The third-order valence-corrected chi connectivity index (χ3v) is 4.16. The van der Waals surface area contributed by atoms with E-state index in [2.05, 4.69) is 27.4 Å². The second kappa shape index (κ2) is 14.8. The molecule has 0 spiro atoms. The third-order valence-electron chi connectivity index (χ3n) is 4.16. The van der Waals surface area contributed by atoms with Crippen LogP contribution < -0.4 is 10.6 Å². The van der Waals surface area contributed by atoms with Crippen molar-refractivity contribution >= 4 is 5.96 Å². The minimum absolute atomic E-state index is 0.791. The Morgan fingerprint density at radius 3 is 2.57 bits per heavy atom. The van der Waals surface area contributed by atoms with Gasteiger partial charge in [0, 0.05) is 32.8 Å². The fraction of sp³-hybridized carbons (Fsp3) is 0.944. The largest absolute Gasteiger partial charge is 0.382 e. The maximum absolute atomic E-state index is 5.34. The summed E-state index contributed by atoms with van der Waals surface area (Å²) in [7, 11) is 0. The van der Waals surface area contributed by atoms with Crippen LogP contribution in [0.3, 0.4) is 0 Å². The van der Waals surface area contributed by atoms with Crippen molar-refractivity contribution in [1.29, 1.82) is 0 Å². The number of hydrogen-bond donors (Lipinski definition) is 2. The molecule has 0 aromatic heterocycles. The molecule has 1 aliphatic heterocycles. The second-order valence-corrected chi connectivity index (χ2v) is 6.20. The van der Waals surface area contributed by atoms with Crippen LogP contribution in [-0.2, 0) is 4.74 Å². The number of piperidine rings is 1. The lowest BCUT2D eigenvalue weighted by atomic mass is 10.1. The van der Waals surface area contributed by atoms with E-state index in [9.17, 15) is 0 Å². The van der Waals surface area contributed by atoms with E-state index in [4.69, 9.17) is 4.74 Å². The number of guanidine groups is 1. The molecule has 0 amide bonds. The molecule has 0 unspecified atom stereocenters. The smallest absolute Gasteiger partial charge is 0.191 e. The number of nitrogens with zero attached hydrogens (tertiary/aromatic N) is 2. The van der Waals surface area contributed by atoms with Gasteiger partial charge in [0.2, 0.25) is 0 Å². The van der Waals surface area contributed by atoms with Crippen molar-refractivity contribution in [2.45, 2.75) is 58.8 Å². The maximum atomic E-state index is 5.34. The Hall–Kier alpha value is -0.810. The molecule has 1 aliphatic rings.